The van der Waals surface area contributed by atoms with Crippen LogP contribution in [0.1, 0.15) is 25.7 Å². The molecule has 2 nitrogen and oxygen atoms in total. The van der Waals surface area contributed by atoms with Crippen LogP contribution in [0.4, 0.5) is 0 Å². The lowest BCUT2D eigenvalue weighted by molar-refractivity contribution is 0.0319. The number of hydrogen-bond acceptors (Lipinski definition) is 2. The second kappa shape index (κ2) is 1.25. The van der Waals surface area contributed by atoms with Crippen molar-refractivity contribution in [1.82, 2.24) is 0 Å². The van der Waals surface area contributed by atoms with Gasteiger partial charge in [-0.1, -0.05) is 0 Å². The van der Waals surface area contributed by atoms with Crippen LogP contribution in [0, 0.1) is 0 Å². The van der Waals surface area contributed by atoms with Crippen molar-refractivity contribution in [2.45, 2.75) is 37.5 Å². The zero-order valence-electron chi connectivity index (χ0n) is 4.89. The summed E-state index contributed by atoms with van der Waals surface area (Å²) in [6.45, 7) is 0. The van der Waals surface area contributed by atoms with E-state index < -0.39 is 0 Å². The maximum Gasteiger partial charge on any atom is 0.106 e. The number of ether oxygens (including phenoxy) is 1. The molecular formula is C6H11NO. The largest absolute Gasteiger partial charge is 0.357 e. The van der Waals surface area contributed by atoms with Gasteiger partial charge in [0, 0.05) is 0 Å². The van der Waals surface area contributed by atoms with Crippen LogP contribution in [-0.2, 0) is 4.74 Å². The van der Waals surface area contributed by atoms with E-state index >= 15 is 0 Å². The molecule has 1 unspecified atom stereocenters. The van der Waals surface area contributed by atoms with Gasteiger partial charge in [0.05, 0.1) is 5.60 Å². The first-order valence-corrected chi connectivity index (χ1v) is 3.24. The summed E-state index contributed by atoms with van der Waals surface area (Å²) in [6, 6.07) is 0. The summed E-state index contributed by atoms with van der Waals surface area (Å²) in [4.78, 5) is 0. The van der Waals surface area contributed by atoms with Crippen LogP contribution in [0.2, 0.25) is 0 Å². The summed E-state index contributed by atoms with van der Waals surface area (Å²) >= 11 is 0. The van der Waals surface area contributed by atoms with Gasteiger partial charge in [-0.15, -0.1) is 0 Å². The van der Waals surface area contributed by atoms with Gasteiger partial charge in [-0.3, -0.25) is 0 Å². The summed E-state index contributed by atoms with van der Waals surface area (Å²) in [5, 5.41) is 0. The minimum Gasteiger partial charge on any atom is -0.357 e. The summed E-state index contributed by atoms with van der Waals surface area (Å²) < 4.78 is 5.44. The van der Waals surface area contributed by atoms with E-state index in [1.807, 2.05) is 0 Å². The van der Waals surface area contributed by atoms with Gasteiger partial charge in [0.1, 0.15) is 6.23 Å². The fourth-order valence-corrected chi connectivity index (χ4v) is 1.35. The lowest BCUT2D eigenvalue weighted by atomic mass is 10.2. The van der Waals surface area contributed by atoms with Crippen molar-refractivity contribution in [3.63, 3.8) is 0 Å². The summed E-state index contributed by atoms with van der Waals surface area (Å²) in [5.41, 5.74) is 5.82. The Morgan fingerprint density at radius 2 is 2.12 bits per heavy atom. The SMILES string of the molecule is NC1CCC2(CC2)O1. The molecule has 1 saturated heterocycles. The molecule has 1 aliphatic heterocycles. The van der Waals surface area contributed by atoms with Crippen molar-refractivity contribution in [2.24, 2.45) is 5.73 Å². The topological polar surface area (TPSA) is 35.2 Å². The van der Waals surface area contributed by atoms with Crippen molar-refractivity contribution in [1.29, 1.82) is 0 Å². The molecular weight excluding hydrogens is 102 g/mol. The maximum absolute atomic E-state index is 5.53. The Morgan fingerprint density at radius 3 is 2.38 bits per heavy atom. The second-order valence-electron chi connectivity index (χ2n) is 2.88. The molecule has 1 spiro atoms. The third-order valence-electron chi connectivity index (χ3n) is 2.09. The Kier molecular flexibility index (Phi) is 0.746. The van der Waals surface area contributed by atoms with Crippen LogP contribution in [0.5, 0.6) is 0 Å². The molecule has 2 rings (SSSR count). The van der Waals surface area contributed by atoms with E-state index in [0.717, 1.165) is 6.42 Å². The minimum absolute atomic E-state index is 0.0532. The molecule has 2 N–H and O–H groups in total. The molecule has 1 aliphatic carbocycles. The minimum atomic E-state index is 0.0532. The molecule has 2 aliphatic rings. The van der Waals surface area contributed by atoms with E-state index in [1.54, 1.807) is 0 Å². The molecule has 1 atom stereocenters. The van der Waals surface area contributed by atoms with Crippen LogP contribution < -0.4 is 5.73 Å². The molecule has 0 aromatic carbocycles. The summed E-state index contributed by atoms with van der Waals surface area (Å²) in [7, 11) is 0. The molecule has 1 heterocycles. The van der Waals surface area contributed by atoms with Crippen molar-refractivity contribution >= 4 is 0 Å². The summed E-state index contributed by atoms with van der Waals surface area (Å²) in [5.74, 6) is 0. The van der Waals surface area contributed by atoms with Gasteiger partial charge in [-0.2, -0.15) is 0 Å². The van der Waals surface area contributed by atoms with Gasteiger partial charge >= 0.3 is 0 Å². The molecule has 0 aromatic heterocycles. The van der Waals surface area contributed by atoms with Gasteiger partial charge in [0.2, 0.25) is 0 Å². The van der Waals surface area contributed by atoms with Crippen LogP contribution >= 0.6 is 0 Å². The fraction of sp³-hybridized carbons (Fsp3) is 1.00. The number of rotatable bonds is 0. The second-order valence-corrected chi connectivity index (χ2v) is 2.88. The Hall–Kier alpha value is -0.0800. The lowest BCUT2D eigenvalue weighted by Crippen LogP contribution is -2.20. The predicted molar refractivity (Wildman–Crippen MR) is 30.3 cm³/mol. The highest BCUT2D eigenvalue weighted by Gasteiger charge is 2.48. The Labute approximate surface area is 49.0 Å². The Morgan fingerprint density at radius 1 is 1.38 bits per heavy atom. The highest BCUT2D eigenvalue weighted by molar-refractivity contribution is 4.99. The van der Waals surface area contributed by atoms with E-state index in [0.29, 0.717) is 5.60 Å². The van der Waals surface area contributed by atoms with E-state index in [4.69, 9.17) is 10.5 Å². The van der Waals surface area contributed by atoms with Gasteiger partial charge in [-0.25, -0.2) is 0 Å². The maximum atomic E-state index is 5.53. The predicted octanol–water partition coefficient (Wildman–Crippen LogP) is 0.614. The molecule has 2 heteroatoms. The third kappa shape index (κ3) is 0.565. The average molecular weight is 113 g/mol. The standard InChI is InChI=1S/C6H11NO/c7-5-1-2-6(8-5)3-4-6/h5H,1-4,7H2. The van der Waals surface area contributed by atoms with E-state index in [2.05, 4.69) is 0 Å². The van der Waals surface area contributed by atoms with E-state index in [9.17, 15) is 0 Å². The molecule has 0 bridgehead atoms. The zero-order valence-corrected chi connectivity index (χ0v) is 4.89. The highest BCUT2D eigenvalue weighted by atomic mass is 16.5. The van der Waals surface area contributed by atoms with E-state index in [1.165, 1.54) is 19.3 Å². The van der Waals surface area contributed by atoms with Crippen molar-refractivity contribution in [3.05, 3.63) is 0 Å². The van der Waals surface area contributed by atoms with Crippen molar-refractivity contribution in [3.8, 4) is 0 Å². The lowest BCUT2D eigenvalue weighted by Gasteiger charge is -2.05. The fourth-order valence-electron chi connectivity index (χ4n) is 1.35. The highest BCUT2D eigenvalue weighted by Crippen LogP contribution is 2.48. The zero-order chi connectivity index (χ0) is 5.61. The van der Waals surface area contributed by atoms with Crippen molar-refractivity contribution in [2.75, 3.05) is 0 Å². The molecule has 2 fully saturated rings. The monoisotopic (exact) mass is 113 g/mol. The van der Waals surface area contributed by atoms with E-state index in [-0.39, 0.29) is 6.23 Å². The van der Waals surface area contributed by atoms with Gasteiger partial charge in [-0.05, 0) is 25.7 Å². The molecule has 8 heavy (non-hydrogen) atoms. The van der Waals surface area contributed by atoms with Gasteiger partial charge in [0.25, 0.3) is 0 Å². The first-order valence-electron chi connectivity index (χ1n) is 3.24. The van der Waals surface area contributed by atoms with Crippen LogP contribution in [-0.4, -0.2) is 11.8 Å². The van der Waals surface area contributed by atoms with Crippen LogP contribution in [0.15, 0.2) is 0 Å². The average Bonchev–Trinajstić information content (AvgIpc) is 2.34. The normalized spacial score (nSPS) is 40.9. The molecule has 1 saturated carbocycles. The molecule has 0 amide bonds. The molecule has 46 valence electrons. The summed E-state index contributed by atoms with van der Waals surface area (Å²) in [6.07, 6.45) is 4.83. The van der Waals surface area contributed by atoms with Crippen LogP contribution in [0.25, 0.3) is 0 Å². The van der Waals surface area contributed by atoms with Crippen LogP contribution in [0.3, 0.4) is 0 Å². The smallest absolute Gasteiger partial charge is 0.106 e. The third-order valence-corrected chi connectivity index (χ3v) is 2.09. The van der Waals surface area contributed by atoms with Gasteiger partial charge in [0.15, 0.2) is 0 Å². The molecule has 0 radical (unpaired) electrons. The first-order chi connectivity index (χ1) is 3.81. The van der Waals surface area contributed by atoms with Crippen molar-refractivity contribution < 1.29 is 4.74 Å². The first kappa shape index (κ1) is 4.77. The Bertz CT molecular complexity index is 109. The van der Waals surface area contributed by atoms with Gasteiger partial charge < -0.3 is 10.5 Å². The number of hydrogen-bond donors (Lipinski definition) is 1. The Balaban J connectivity index is 2.03. The quantitative estimate of drug-likeness (QED) is 0.499. The number of nitrogens with two attached hydrogens (primary N) is 1. The molecule has 0 aromatic rings.